The van der Waals surface area contributed by atoms with E-state index in [4.69, 9.17) is 10.00 Å². The summed E-state index contributed by atoms with van der Waals surface area (Å²) in [6, 6.07) is 13.5. The molecule has 49 heavy (non-hydrogen) atoms. The lowest BCUT2D eigenvalue weighted by Crippen LogP contribution is -2.39. The smallest absolute Gasteiger partial charge is 0.328 e. The van der Waals surface area contributed by atoms with Gasteiger partial charge in [-0.25, -0.2) is 27.5 Å². The molecule has 0 aliphatic carbocycles. The largest absolute Gasteiger partial charge is 0.425 e. The number of nitriles is 1. The Morgan fingerprint density at radius 1 is 1.16 bits per heavy atom. The third-order valence-corrected chi connectivity index (χ3v) is 9.89. The number of hydrogen-bond donors (Lipinski definition) is 2. The minimum Gasteiger partial charge on any atom is -0.425 e. The Balaban J connectivity index is 1.26. The Bertz CT molecular complexity index is 2030. The zero-order chi connectivity index (χ0) is 34.9. The van der Waals surface area contributed by atoms with Gasteiger partial charge in [0.25, 0.3) is 6.33 Å². The van der Waals surface area contributed by atoms with E-state index in [1.165, 1.54) is 16.0 Å². The molecule has 2 N–H and O–H groups in total. The molecule has 3 heterocycles. The van der Waals surface area contributed by atoms with Crippen LogP contribution in [0.3, 0.4) is 0 Å². The van der Waals surface area contributed by atoms with Crippen LogP contribution < -0.4 is 14.6 Å². The van der Waals surface area contributed by atoms with Crippen LogP contribution in [-0.4, -0.2) is 38.4 Å². The molecule has 5 aromatic rings. The van der Waals surface area contributed by atoms with Crippen LogP contribution in [0.4, 0.5) is 13.2 Å². The highest BCUT2D eigenvalue weighted by atomic mass is 32.1. The molecule has 0 radical (unpaired) electrons. The van der Waals surface area contributed by atoms with Crippen LogP contribution in [0.1, 0.15) is 58.5 Å². The van der Waals surface area contributed by atoms with E-state index in [0.29, 0.717) is 40.7 Å². The fraction of sp³-hybridized carbons (Fsp3) is 0.306. The lowest BCUT2D eigenvalue weighted by molar-refractivity contribution is -0.689. The fourth-order valence-corrected chi connectivity index (χ4v) is 7.15. The van der Waals surface area contributed by atoms with Crippen molar-refractivity contribution in [1.82, 2.24) is 20.1 Å². The normalized spacial score (nSPS) is 16.2. The third-order valence-electron chi connectivity index (χ3n) is 8.86. The first kappa shape index (κ1) is 34.0. The maximum absolute atomic E-state index is 15.3. The van der Waals surface area contributed by atoms with Crippen molar-refractivity contribution in [2.45, 2.75) is 64.3 Å². The number of nitrogens with zero attached hydrogens (tertiary/aromatic N) is 5. The van der Waals surface area contributed by atoms with Gasteiger partial charge in [0.2, 0.25) is 6.33 Å². The summed E-state index contributed by atoms with van der Waals surface area (Å²) >= 11 is 1.23. The number of ether oxygens (including phenoxy) is 1. The zero-order valence-corrected chi connectivity index (χ0v) is 27.9. The number of rotatable bonds is 10. The van der Waals surface area contributed by atoms with Crippen molar-refractivity contribution in [2.24, 2.45) is 0 Å². The highest BCUT2D eigenvalue weighted by Gasteiger charge is 2.44. The first-order valence-corrected chi connectivity index (χ1v) is 16.6. The molecule has 252 valence electrons. The van der Waals surface area contributed by atoms with Gasteiger partial charge in [0, 0.05) is 33.6 Å². The third kappa shape index (κ3) is 7.12. The van der Waals surface area contributed by atoms with Crippen LogP contribution >= 0.6 is 11.3 Å². The SMILES string of the molecule is Cc1cc(C[n+]2cnn(C[C@](O)(c3cc(F)c(F)cc3F)[C@@H](C)c3nc(-c4ccc(C#N)cc4)cs3)c2)cc(C)c1OC(=O)[C@@H]1CCCN1. The number of nitrogens with one attached hydrogen (secondary N) is 1. The molecule has 1 aliphatic heterocycles. The van der Waals surface area contributed by atoms with Crippen molar-refractivity contribution >= 4 is 17.3 Å². The summed E-state index contributed by atoms with van der Waals surface area (Å²) in [4.78, 5) is 17.3. The maximum atomic E-state index is 15.3. The summed E-state index contributed by atoms with van der Waals surface area (Å²) in [7, 11) is 0. The van der Waals surface area contributed by atoms with Crippen molar-refractivity contribution in [2.75, 3.05) is 6.54 Å². The number of carbonyl (C=O) groups excluding carboxylic acids is 1. The monoisotopic (exact) mass is 687 g/mol. The van der Waals surface area contributed by atoms with Crippen LogP contribution in [-0.2, 0) is 23.5 Å². The van der Waals surface area contributed by atoms with Crippen molar-refractivity contribution in [1.29, 1.82) is 5.26 Å². The highest BCUT2D eigenvalue weighted by Crippen LogP contribution is 2.42. The van der Waals surface area contributed by atoms with Crippen molar-refractivity contribution < 1.29 is 32.4 Å². The standard InChI is InChI=1S/C36H34F3N6O3S/c1-21-11-25(12-22(2)33(21)48-35(46)31-5-4-10-41-31)16-44-19-42-45(20-44)18-36(47,27-13-29(38)30(39)14-28(27)37)23(3)34-43-32(17-49-34)26-8-6-24(15-40)7-9-26/h6-9,11-14,17,19-20,23,31,41,47H,4-5,10,16,18H2,1-3H3/q+1/t23-,31-,36+/m0/s1. The van der Waals surface area contributed by atoms with E-state index < -0.39 is 34.5 Å². The van der Waals surface area contributed by atoms with E-state index >= 15 is 4.39 Å². The predicted octanol–water partition coefficient (Wildman–Crippen LogP) is 5.60. The van der Waals surface area contributed by atoms with Crippen LogP contribution in [0.2, 0.25) is 0 Å². The van der Waals surface area contributed by atoms with E-state index in [2.05, 4.69) is 21.5 Å². The van der Waals surface area contributed by atoms with E-state index in [9.17, 15) is 18.7 Å². The van der Waals surface area contributed by atoms with Gasteiger partial charge in [-0.05, 0) is 80.3 Å². The molecule has 1 saturated heterocycles. The van der Waals surface area contributed by atoms with Gasteiger partial charge in [-0.1, -0.05) is 19.1 Å². The van der Waals surface area contributed by atoms with E-state index in [1.54, 1.807) is 53.8 Å². The average Bonchev–Trinajstić information content (AvgIpc) is 3.87. The molecule has 2 aromatic heterocycles. The molecule has 0 spiro atoms. The van der Waals surface area contributed by atoms with Crippen molar-refractivity contribution in [3.8, 4) is 23.1 Å². The minimum absolute atomic E-state index is 0.297. The molecule has 9 nitrogen and oxygen atoms in total. The van der Waals surface area contributed by atoms with Gasteiger partial charge in [0.05, 0.1) is 28.9 Å². The lowest BCUT2D eigenvalue weighted by atomic mass is 9.82. The van der Waals surface area contributed by atoms with Crippen molar-refractivity contribution in [3.05, 3.63) is 117 Å². The van der Waals surface area contributed by atoms with Crippen LogP contribution in [0.5, 0.6) is 5.75 Å². The molecular formula is C36H34F3N6O3S+. The number of thiazole rings is 1. The summed E-state index contributed by atoms with van der Waals surface area (Å²) in [5.74, 6) is -4.43. The van der Waals surface area contributed by atoms with E-state index in [0.717, 1.165) is 41.6 Å². The molecule has 1 fully saturated rings. The lowest BCUT2D eigenvalue weighted by Gasteiger charge is -2.32. The van der Waals surface area contributed by atoms with Gasteiger partial charge >= 0.3 is 5.97 Å². The van der Waals surface area contributed by atoms with Gasteiger partial charge < -0.3 is 15.2 Å². The van der Waals surface area contributed by atoms with Crippen LogP contribution in [0.15, 0.2) is 66.6 Å². The zero-order valence-electron chi connectivity index (χ0n) is 27.1. The molecule has 0 unspecified atom stereocenters. The first-order valence-electron chi connectivity index (χ1n) is 15.7. The molecule has 1 aliphatic rings. The Kier molecular flexibility index (Phi) is 9.65. The summed E-state index contributed by atoms with van der Waals surface area (Å²) in [5, 5.41) is 31.1. The number of carbonyl (C=O) groups is 1. The molecule has 3 aromatic carbocycles. The fourth-order valence-electron chi connectivity index (χ4n) is 6.18. The minimum atomic E-state index is -2.10. The van der Waals surface area contributed by atoms with Gasteiger partial charge in [0.1, 0.15) is 29.8 Å². The molecule has 13 heteroatoms. The molecule has 3 atom stereocenters. The van der Waals surface area contributed by atoms with E-state index in [-0.39, 0.29) is 18.6 Å². The van der Waals surface area contributed by atoms with Crippen LogP contribution in [0.25, 0.3) is 11.3 Å². The molecule has 0 saturated carbocycles. The molecular weight excluding hydrogens is 653 g/mol. The van der Waals surface area contributed by atoms with E-state index in [1.807, 2.05) is 26.0 Å². The number of aromatic nitrogens is 4. The first-order chi connectivity index (χ1) is 23.4. The summed E-state index contributed by atoms with van der Waals surface area (Å²) in [6.07, 6.45) is 4.85. The number of aryl methyl sites for hydroxylation is 2. The summed E-state index contributed by atoms with van der Waals surface area (Å²) < 4.78 is 52.8. The second-order valence-electron chi connectivity index (χ2n) is 12.4. The van der Waals surface area contributed by atoms with Crippen molar-refractivity contribution in [3.63, 3.8) is 0 Å². The average molecular weight is 688 g/mol. The summed E-state index contributed by atoms with van der Waals surface area (Å²) in [6.45, 7) is 6.25. The molecule has 0 amide bonds. The topological polar surface area (TPSA) is 117 Å². The Morgan fingerprint density at radius 2 is 1.88 bits per heavy atom. The Hall–Kier alpha value is -4.90. The molecule has 0 bridgehead atoms. The Morgan fingerprint density at radius 3 is 2.55 bits per heavy atom. The van der Waals surface area contributed by atoms with Gasteiger partial charge in [-0.2, -0.15) is 5.26 Å². The number of benzene rings is 3. The van der Waals surface area contributed by atoms with Gasteiger partial charge in [0.15, 0.2) is 11.6 Å². The number of hydrogen-bond acceptors (Lipinski definition) is 8. The maximum Gasteiger partial charge on any atom is 0.328 e. The van der Waals surface area contributed by atoms with Crippen LogP contribution in [0, 0.1) is 42.6 Å². The second-order valence-corrected chi connectivity index (χ2v) is 13.3. The highest BCUT2D eigenvalue weighted by molar-refractivity contribution is 7.10. The number of halogens is 3. The summed E-state index contributed by atoms with van der Waals surface area (Å²) in [5.41, 5.74) is 1.80. The number of aliphatic hydroxyl groups is 1. The van der Waals surface area contributed by atoms with Gasteiger partial charge in [-0.3, -0.25) is 0 Å². The van der Waals surface area contributed by atoms with Gasteiger partial charge in [-0.15, -0.1) is 16.0 Å². The second kappa shape index (κ2) is 13.9. The number of esters is 1. The quantitative estimate of drug-likeness (QED) is 0.0851. The Labute approximate surface area is 285 Å². The predicted molar refractivity (Wildman–Crippen MR) is 175 cm³/mol. The molecule has 6 rings (SSSR count).